The molecule has 0 fully saturated rings. The monoisotopic (exact) mass is 241 g/mol. The fourth-order valence-electron chi connectivity index (χ4n) is 1.37. The molecule has 0 atom stereocenters. The molecule has 3 nitrogen and oxygen atoms in total. The summed E-state index contributed by atoms with van der Waals surface area (Å²) < 4.78 is 0. The first-order valence-corrected chi connectivity index (χ1v) is 4.83. The van der Waals surface area contributed by atoms with Crippen molar-refractivity contribution in [2.75, 3.05) is 0 Å². The minimum Gasteiger partial charge on any atom is -0.478 e. The van der Waals surface area contributed by atoms with Gasteiger partial charge in [0.15, 0.2) is 0 Å². The number of carboxylic acids is 1. The van der Waals surface area contributed by atoms with E-state index in [-0.39, 0.29) is 10.6 Å². The number of hydrogen-bond donors (Lipinski definition) is 1. The fourth-order valence-corrected chi connectivity index (χ4v) is 1.77. The van der Waals surface area contributed by atoms with Crippen LogP contribution in [0.5, 0.6) is 0 Å². The van der Waals surface area contributed by atoms with E-state index in [1.165, 1.54) is 12.1 Å². The minimum absolute atomic E-state index is 0.0540. The summed E-state index contributed by atoms with van der Waals surface area (Å²) >= 11 is 11.5. The topological polar surface area (TPSA) is 50.2 Å². The van der Waals surface area contributed by atoms with Crippen molar-refractivity contribution in [1.29, 1.82) is 0 Å². The van der Waals surface area contributed by atoms with Crippen molar-refractivity contribution < 1.29 is 9.90 Å². The molecule has 0 unspecified atom stereocenters. The van der Waals surface area contributed by atoms with Crippen LogP contribution >= 0.6 is 23.2 Å². The lowest BCUT2D eigenvalue weighted by Crippen LogP contribution is -1.99. The molecule has 1 aromatic carbocycles. The zero-order valence-electron chi connectivity index (χ0n) is 7.37. The van der Waals surface area contributed by atoms with E-state index in [4.69, 9.17) is 28.3 Å². The Kier molecular flexibility index (Phi) is 2.50. The minimum atomic E-state index is -1.07. The SMILES string of the molecule is O=C(O)c1c(Cl)ccc2nc(Cl)ccc12. The lowest BCUT2D eigenvalue weighted by molar-refractivity contribution is 0.0699. The maximum Gasteiger partial charge on any atom is 0.337 e. The number of carbonyl (C=O) groups is 1. The van der Waals surface area contributed by atoms with E-state index in [9.17, 15) is 4.79 Å². The number of rotatable bonds is 1. The first-order chi connectivity index (χ1) is 7.09. The van der Waals surface area contributed by atoms with Crippen molar-refractivity contribution in [3.8, 4) is 0 Å². The highest BCUT2D eigenvalue weighted by Crippen LogP contribution is 2.26. The zero-order chi connectivity index (χ0) is 11.0. The molecule has 0 bridgehead atoms. The number of carboxylic acid groups (broad SMARTS) is 1. The molecule has 0 spiro atoms. The summed E-state index contributed by atoms with van der Waals surface area (Å²) in [6.07, 6.45) is 0. The van der Waals surface area contributed by atoms with Crippen molar-refractivity contribution in [2.24, 2.45) is 0 Å². The van der Waals surface area contributed by atoms with Gasteiger partial charge in [-0.2, -0.15) is 0 Å². The van der Waals surface area contributed by atoms with Gasteiger partial charge < -0.3 is 5.11 Å². The van der Waals surface area contributed by atoms with Crippen LogP contribution in [0.2, 0.25) is 10.2 Å². The Hall–Kier alpha value is -1.32. The molecule has 0 saturated heterocycles. The molecule has 1 N–H and O–H groups in total. The molecule has 0 aliphatic heterocycles. The van der Waals surface area contributed by atoms with Crippen LogP contribution in [0.4, 0.5) is 0 Å². The molecule has 0 aliphatic rings. The summed E-state index contributed by atoms with van der Waals surface area (Å²) in [6.45, 7) is 0. The maximum absolute atomic E-state index is 11.0. The zero-order valence-corrected chi connectivity index (χ0v) is 8.88. The maximum atomic E-state index is 11.0. The summed E-state index contributed by atoms with van der Waals surface area (Å²) in [5.74, 6) is -1.07. The average Bonchev–Trinajstić information content (AvgIpc) is 2.17. The Morgan fingerprint density at radius 2 is 1.93 bits per heavy atom. The molecule has 0 aliphatic carbocycles. The number of fused-ring (bicyclic) bond motifs is 1. The van der Waals surface area contributed by atoms with Gasteiger partial charge in [-0.25, -0.2) is 9.78 Å². The fraction of sp³-hybridized carbons (Fsp3) is 0. The molecule has 76 valence electrons. The summed E-state index contributed by atoms with van der Waals surface area (Å²) in [5.41, 5.74) is 0.572. The van der Waals surface area contributed by atoms with Gasteiger partial charge in [-0.05, 0) is 24.3 Å². The largest absolute Gasteiger partial charge is 0.478 e. The second kappa shape index (κ2) is 3.68. The van der Waals surface area contributed by atoms with E-state index in [1.807, 2.05) is 0 Å². The predicted molar refractivity (Wildman–Crippen MR) is 58.7 cm³/mol. The van der Waals surface area contributed by atoms with Crippen LogP contribution in [-0.2, 0) is 0 Å². The van der Waals surface area contributed by atoms with Gasteiger partial charge in [0.1, 0.15) is 5.15 Å². The van der Waals surface area contributed by atoms with Gasteiger partial charge >= 0.3 is 5.97 Å². The molecule has 0 saturated carbocycles. The average molecular weight is 242 g/mol. The third-order valence-corrected chi connectivity index (χ3v) is 2.53. The van der Waals surface area contributed by atoms with Crippen molar-refractivity contribution in [2.45, 2.75) is 0 Å². The van der Waals surface area contributed by atoms with Crippen LogP contribution in [0.15, 0.2) is 24.3 Å². The van der Waals surface area contributed by atoms with E-state index in [1.54, 1.807) is 12.1 Å². The van der Waals surface area contributed by atoms with Crippen molar-refractivity contribution in [1.82, 2.24) is 4.98 Å². The Morgan fingerprint density at radius 3 is 2.60 bits per heavy atom. The third-order valence-electron chi connectivity index (χ3n) is 2.00. The molecule has 0 amide bonds. The van der Waals surface area contributed by atoms with Crippen LogP contribution in [0.1, 0.15) is 10.4 Å². The number of benzene rings is 1. The lowest BCUT2D eigenvalue weighted by Gasteiger charge is -2.04. The first kappa shape index (κ1) is 10.2. The number of aromatic carboxylic acids is 1. The first-order valence-electron chi connectivity index (χ1n) is 4.07. The number of halogens is 2. The molecular weight excluding hydrogens is 237 g/mol. The standard InChI is InChI=1S/C10H5Cl2NO2/c11-6-2-3-7-5(9(6)10(14)15)1-4-8(12)13-7/h1-4H,(H,14,15). The smallest absolute Gasteiger partial charge is 0.337 e. The number of nitrogens with zero attached hydrogens (tertiary/aromatic N) is 1. The second-order valence-corrected chi connectivity index (χ2v) is 3.72. The summed E-state index contributed by atoms with van der Waals surface area (Å²) in [7, 11) is 0. The van der Waals surface area contributed by atoms with E-state index in [0.717, 1.165) is 0 Å². The Morgan fingerprint density at radius 1 is 1.20 bits per heavy atom. The number of hydrogen-bond acceptors (Lipinski definition) is 2. The molecule has 0 radical (unpaired) electrons. The van der Waals surface area contributed by atoms with Crippen LogP contribution in [-0.4, -0.2) is 16.1 Å². The summed E-state index contributed by atoms with van der Waals surface area (Å²) in [4.78, 5) is 15.0. The van der Waals surface area contributed by atoms with Gasteiger partial charge in [-0.1, -0.05) is 23.2 Å². The van der Waals surface area contributed by atoms with Crippen LogP contribution in [0.3, 0.4) is 0 Å². The molecule has 5 heteroatoms. The van der Waals surface area contributed by atoms with Crippen molar-refractivity contribution >= 4 is 40.1 Å². The summed E-state index contributed by atoms with van der Waals surface area (Å²) in [6, 6.07) is 6.26. The molecule has 1 heterocycles. The Balaban J connectivity index is 2.88. The lowest BCUT2D eigenvalue weighted by atomic mass is 10.1. The Bertz CT molecular complexity index is 554. The highest BCUT2D eigenvalue weighted by molar-refractivity contribution is 6.35. The van der Waals surface area contributed by atoms with Crippen LogP contribution in [0.25, 0.3) is 10.9 Å². The molecule has 1 aromatic heterocycles. The molecule has 2 rings (SSSR count). The van der Waals surface area contributed by atoms with Gasteiger partial charge in [-0.15, -0.1) is 0 Å². The molecule has 15 heavy (non-hydrogen) atoms. The third kappa shape index (κ3) is 1.76. The van der Waals surface area contributed by atoms with Crippen molar-refractivity contribution in [3.63, 3.8) is 0 Å². The van der Waals surface area contributed by atoms with E-state index < -0.39 is 5.97 Å². The molecular formula is C10H5Cl2NO2. The van der Waals surface area contributed by atoms with E-state index >= 15 is 0 Å². The van der Waals surface area contributed by atoms with E-state index in [2.05, 4.69) is 4.98 Å². The Labute approximate surface area is 95.3 Å². The highest BCUT2D eigenvalue weighted by atomic mass is 35.5. The van der Waals surface area contributed by atoms with Gasteiger partial charge in [0.2, 0.25) is 0 Å². The quantitative estimate of drug-likeness (QED) is 0.781. The number of aromatic nitrogens is 1. The van der Waals surface area contributed by atoms with Gasteiger partial charge in [0.05, 0.1) is 16.1 Å². The number of pyridine rings is 1. The summed E-state index contributed by atoms with van der Waals surface area (Å²) in [5, 5.41) is 9.99. The van der Waals surface area contributed by atoms with Crippen LogP contribution in [0, 0.1) is 0 Å². The molecule has 2 aromatic rings. The van der Waals surface area contributed by atoms with Gasteiger partial charge in [0, 0.05) is 5.39 Å². The van der Waals surface area contributed by atoms with Crippen LogP contribution < -0.4 is 0 Å². The van der Waals surface area contributed by atoms with Gasteiger partial charge in [0.25, 0.3) is 0 Å². The predicted octanol–water partition coefficient (Wildman–Crippen LogP) is 3.24. The van der Waals surface area contributed by atoms with Gasteiger partial charge in [-0.3, -0.25) is 0 Å². The van der Waals surface area contributed by atoms with Crippen molar-refractivity contribution in [3.05, 3.63) is 40.0 Å². The highest BCUT2D eigenvalue weighted by Gasteiger charge is 2.13. The second-order valence-electron chi connectivity index (χ2n) is 2.93. The normalized spacial score (nSPS) is 10.5. The van der Waals surface area contributed by atoms with E-state index in [0.29, 0.717) is 16.1 Å².